The first-order valence-corrected chi connectivity index (χ1v) is 8.32. The average molecular weight is 330 g/mol. The molecular weight excluding hydrogens is 310 g/mol. The normalized spacial score (nSPS) is 33.8. The molecule has 2 rings (SSSR count). The Kier molecular flexibility index (Phi) is 4.49. The van der Waals surface area contributed by atoms with E-state index in [0.717, 1.165) is 0 Å². The van der Waals surface area contributed by atoms with Crippen LogP contribution in [0.3, 0.4) is 0 Å². The van der Waals surface area contributed by atoms with Crippen LogP contribution >= 0.6 is 24.0 Å². The molecule has 2 N–H and O–H groups in total. The van der Waals surface area contributed by atoms with Crippen molar-refractivity contribution in [3.63, 3.8) is 0 Å². The SMILES string of the molecule is CC(CS)C(=O)[N@+]1(C(=O)O)CC(O)(c2cccs2)CC1C. The third-order valence-electron chi connectivity index (χ3n) is 4.31. The summed E-state index contributed by atoms with van der Waals surface area (Å²) in [5, 5.41) is 22.4. The zero-order valence-electron chi connectivity index (χ0n) is 12.0. The summed E-state index contributed by atoms with van der Waals surface area (Å²) in [4.78, 5) is 25.2. The summed E-state index contributed by atoms with van der Waals surface area (Å²) in [6, 6.07) is 3.12. The maximum absolute atomic E-state index is 12.6. The molecule has 21 heavy (non-hydrogen) atoms. The minimum atomic E-state index is -1.27. The molecule has 4 atom stereocenters. The lowest BCUT2D eigenvalue weighted by Crippen LogP contribution is -2.61. The fourth-order valence-electron chi connectivity index (χ4n) is 3.12. The first-order chi connectivity index (χ1) is 9.78. The Balaban J connectivity index is 2.44. The van der Waals surface area contributed by atoms with Crippen LogP contribution in [0.5, 0.6) is 0 Å². The summed E-state index contributed by atoms with van der Waals surface area (Å²) < 4.78 is -0.726. The van der Waals surface area contributed by atoms with Crippen LogP contribution in [0.1, 0.15) is 25.1 Å². The van der Waals surface area contributed by atoms with Crippen molar-refractivity contribution >= 4 is 36.0 Å². The molecule has 1 fully saturated rings. The lowest BCUT2D eigenvalue weighted by Gasteiger charge is -2.32. The number of quaternary nitrogens is 1. The number of aliphatic hydroxyl groups is 1. The molecule has 7 heteroatoms. The zero-order valence-corrected chi connectivity index (χ0v) is 13.7. The van der Waals surface area contributed by atoms with Crippen molar-refractivity contribution in [1.82, 2.24) is 0 Å². The van der Waals surface area contributed by atoms with Gasteiger partial charge < -0.3 is 10.2 Å². The summed E-state index contributed by atoms with van der Waals surface area (Å²) >= 11 is 5.48. The van der Waals surface area contributed by atoms with Gasteiger partial charge in [0.1, 0.15) is 12.6 Å². The minimum absolute atomic E-state index is 0.124. The molecule has 5 nitrogen and oxygen atoms in total. The van der Waals surface area contributed by atoms with Gasteiger partial charge in [0, 0.05) is 17.1 Å². The molecule has 0 radical (unpaired) electrons. The van der Waals surface area contributed by atoms with Crippen molar-refractivity contribution < 1.29 is 24.3 Å². The molecule has 0 saturated carbocycles. The van der Waals surface area contributed by atoms with Crippen molar-refractivity contribution in [2.45, 2.75) is 31.9 Å². The van der Waals surface area contributed by atoms with Crippen LogP contribution in [-0.2, 0) is 10.4 Å². The molecule has 0 spiro atoms. The second-order valence-corrected chi connectivity index (χ2v) is 7.11. The topological polar surface area (TPSA) is 74.6 Å². The highest BCUT2D eigenvalue weighted by Crippen LogP contribution is 2.43. The second-order valence-electron chi connectivity index (χ2n) is 5.79. The molecule has 1 aliphatic rings. The quantitative estimate of drug-likeness (QED) is 0.587. The first-order valence-electron chi connectivity index (χ1n) is 6.81. The molecule has 1 saturated heterocycles. The maximum atomic E-state index is 12.6. The van der Waals surface area contributed by atoms with Crippen molar-refractivity contribution in [3.05, 3.63) is 22.4 Å². The highest BCUT2D eigenvalue weighted by Gasteiger charge is 2.63. The van der Waals surface area contributed by atoms with Crippen LogP contribution in [0.15, 0.2) is 17.5 Å². The number of nitrogens with zero attached hydrogens (tertiary/aromatic N) is 1. The van der Waals surface area contributed by atoms with E-state index in [2.05, 4.69) is 12.6 Å². The number of thiophene rings is 1. The Labute approximate surface area is 133 Å². The van der Waals surface area contributed by atoms with E-state index in [0.29, 0.717) is 4.88 Å². The van der Waals surface area contributed by atoms with Crippen LogP contribution in [0, 0.1) is 5.92 Å². The van der Waals surface area contributed by atoms with E-state index >= 15 is 0 Å². The third-order valence-corrected chi connectivity index (χ3v) is 5.92. The molecule has 1 aliphatic heterocycles. The van der Waals surface area contributed by atoms with Gasteiger partial charge in [-0.25, -0.2) is 4.79 Å². The predicted octanol–water partition coefficient (Wildman–Crippen LogP) is 2.32. The van der Waals surface area contributed by atoms with E-state index in [-0.39, 0.29) is 18.7 Å². The van der Waals surface area contributed by atoms with Gasteiger partial charge in [-0.3, -0.25) is 0 Å². The van der Waals surface area contributed by atoms with E-state index in [9.17, 15) is 19.8 Å². The maximum Gasteiger partial charge on any atom is 0.521 e. The molecule has 0 bridgehead atoms. The van der Waals surface area contributed by atoms with E-state index in [1.165, 1.54) is 11.3 Å². The summed E-state index contributed by atoms with van der Waals surface area (Å²) in [7, 11) is 0. The number of carboxylic acid groups (broad SMARTS) is 1. The van der Waals surface area contributed by atoms with Crippen molar-refractivity contribution in [2.75, 3.05) is 12.3 Å². The van der Waals surface area contributed by atoms with Gasteiger partial charge in [-0.1, -0.05) is 6.07 Å². The number of thiol groups is 1. The molecule has 2 heterocycles. The summed E-state index contributed by atoms with van der Waals surface area (Å²) in [5.74, 6) is -0.578. The monoisotopic (exact) mass is 330 g/mol. The molecule has 0 aliphatic carbocycles. The van der Waals surface area contributed by atoms with E-state index < -0.39 is 34.0 Å². The van der Waals surface area contributed by atoms with Crippen LogP contribution in [0.4, 0.5) is 4.79 Å². The first kappa shape index (κ1) is 16.5. The molecular formula is C14H20NO4S2+. The summed E-state index contributed by atoms with van der Waals surface area (Å²) in [6.07, 6.45) is -0.946. The summed E-state index contributed by atoms with van der Waals surface area (Å²) in [6.45, 7) is 3.26. The number of carbonyl (C=O) groups is 2. The molecule has 2 amide bonds. The number of likely N-dealkylation sites (tertiary alicyclic amines) is 1. The van der Waals surface area contributed by atoms with Crippen molar-refractivity contribution in [2.24, 2.45) is 5.92 Å². The van der Waals surface area contributed by atoms with Gasteiger partial charge in [0.05, 0.1) is 5.92 Å². The third kappa shape index (κ3) is 2.52. The van der Waals surface area contributed by atoms with Gasteiger partial charge in [-0.15, -0.1) is 11.3 Å². The number of imide groups is 1. The van der Waals surface area contributed by atoms with Gasteiger partial charge in [0.2, 0.25) is 0 Å². The van der Waals surface area contributed by atoms with Crippen LogP contribution < -0.4 is 0 Å². The standard InChI is InChI=1S/C14H19NO4S2/c1-9(7-20)12(16)15(13(17)18)8-14(19,6-10(15)2)11-4-3-5-21-11/h3-5,9-10,19H,6-8H2,1-2H3,(H-,17,18,20)/p+1/t9?,10?,14?,15-/m0/s1. The lowest BCUT2D eigenvalue weighted by atomic mass is 9.99. The zero-order chi connectivity index (χ0) is 15.8. The largest absolute Gasteiger partial charge is 0.521 e. The van der Waals surface area contributed by atoms with E-state index in [1.807, 2.05) is 11.4 Å². The predicted molar refractivity (Wildman–Crippen MR) is 83.5 cm³/mol. The van der Waals surface area contributed by atoms with E-state index in [4.69, 9.17) is 0 Å². The van der Waals surface area contributed by atoms with E-state index in [1.54, 1.807) is 19.9 Å². The minimum Gasteiger partial charge on any atom is -0.435 e. The lowest BCUT2D eigenvalue weighted by molar-refractivity contribution is -0.797. The Morgan fingerprint density at radius 1 is 1.62 bits per heavy atom. The van der Waals surface area contributed by atoms with Crippen molar-refractivity contribution in [3.8, 4) is 0 Å². The van der Waals surface area contributed by atoms with Crippen LogP contribution in [0.2, 0.25) is 0 Å². The number of hydrogen-bond donors (Lipinski definition) is 3. The van der Waals surface area contributed by atoms with Gasteiger partial charge in [0.25, 0.3) is 0 Å². The Morgan fingerprint density at radius 3 is 2.76 bits per heavy atom. The number of amides is 2. The van der Waals surface area contributed by atoms with Gasteiger partial charge in [0.15, 0.2) is 5.60 Å². The Hall–Kier alpha value is -0.890. The number of hydrogen-bond acceptors (Lipinski definition) is 5. The molecule has 1 aromatic heterocycles. The van der Waals surface area contributed by atoms with Crippen LogP contribution in [-0.4, -0.2) is 45.0 Å². The average Bonchev–Trinajstić information content (AvgIpc) is 3.04. The fourth-order valence-corrected chi connectivity index (χ4v) is 4.10. The highest BCUT2D eigenvalue weighted by atomic mass is 32.1. The van der Waals surface area contributed by atoms with Gasteiger partial charge in [-0.2, -0.15) is 21.9 Å². The number of rotatable bonds is 3. The van der Waals surface area contributed by atoms with Crippen molar-refractivity contribution in [1.29, 1.82) is 0 Å². The Morgan fingerprint density at radius 2 is 2.29 bits per heavy atom. The molecule has 116 valence electrons. The fraction of sp³-hybridized carbons (Fsp3) is 0.571. The smallest absolute Gasteiger partial charge is 0.435 e. The second kappa shape index (κ2) is 5.72. The molecule has 0 aromatic carbocycles. The van der Waals surface area contributed by atoms with Gasteiger partial charge in [-0.05, 0) is 25.3 Å². The number of carbonyl (C=O) groups excluding carboxylic acids is 1. The molecule has 1 aromatic rings. The van der Waals surface area contributed by atoms with Gasteiger partial charge >= 0.3 is 12.0 Å². The van der Waals surface area contributed by atoms with Crippen LogP contribution in [0.25, 0.3) is 0 Å². The molecule has 3 unspecified atom stereocenters. The Bertz CT molecular complexity index is 547. The highest BCUT2D eigenvalue weighted by molar-refractivity contribution is 7.80. The summed E-state index contributed by atoms with van der Waals surface area (Å²) in [5.41, 5.74) is -1.27.